The second kappa shape index (κ2) is 10.6. The maximum absolute atomic E-state index is 13.1. The van der Waals surface area contributed by atoms with Gasteiger partial charge < -0.3 is 21.1 Å². The summed E-state index contributed by atoms with van der Waals surface area (Å²) < 4.78 is 39.4. The van der Waals surface area contributed by atoms with Gasteiger partial charge in [-0.15, -0.1) is 0 Å². The number of aliphatic imine (C=N–C) groups is 1. The highest BCUT2D eigenvalue weighted by Gasteiger charge is 2.45. The Bertz CT molecular complexity index is 1180. The first-order chi connectivity index (χ1) is 16.5. The van der Waals surface area contributed by atoms with E-state index >= 15 is 0 Å². The number of halogens is 4. The minimum atomic E-state index is -4.73. The van der Waals surface area contributed by atoms with E-state index in [4.69, 9.17) is 11.6 Å². The van der Waals surface area contributed by atoms with Crippen molar-refractivity contribution >= 4 is 41.4 Å². The number of carbonyl (C=O) groups excluding carboxylic acids is 2. The van der Waals surface area contributed by atoms with Crippen LogP contribution in [0.2, 0.25) is 5.02 Å². The van der Waals surface area contributed by atoms with E-state index in [-0.39, 0.29) is 22.7 Å². The molecule has 0 bridgehead atoms. The van der Waals surface area contributed by atoms with Crippen LogP contribution >= 0.6 is 11.6 Å². The average molecular weight is 509 g/mol. The molecular weight excluding hydrogens is 489 g/mol. The number of rotatable bonds is 7. The number of aryl methyl sites for hydroxylation is 1. The number of amides is 2. The number of carbonyl (C=O) groups is 3. The Kier molecular flexibility index (Phi) is 7.80. The number of alkyl halides is 3. The monoisotopic (exact) mass is 508 g/mol. The van der Waals surface area contributed by atoms with E-state index in [2.05, 4.69) is 20.9 Å². The molecule has 12 heteroatoms. The van der Waals surface area contributed by atoms with Gasteiger partial charge in [0.25, 0.3) is 11.8 Å². The van der Waals surface area contributed by atoms with Gasteiger partial charge in [0.1, 0.15) is 6.04 Å². The van der Waals surface area contributed by atoms with Crippen LogP contribution in [-0.2, 0) is 16.0 Å². The van der Waals surface area contributed by atoms with E-state index in [1.54, 1.807) is 19.1 Å². The van der Waals surface area contributed by atoms with Gasteiger partial charge in [-0.05, 0) is 36.2 Å². The van der Waals surface area contributed by atoms with Crippen LogP contribution in [0.15, 0.2) is 59.2 Å². The van der Waals surface area contributed by atoms with Crippen LogP contribution in [0.1, 0.15) is 21.5 Å². The van der Waals surface area contributed by atoms with E-state index < -0.39 is 41.6 Å². The molecule has 2 atom stereocenters. The molecule has 0 radical (unpaired) electrons. The number of carboxylic acids is 1. The molecule has 0 saturated heterocycles. The van der Waals surface area contributed by atoms with Gasteiger partial charge in [-0.25, -0.2) is 4.79 Å². The van der Waals surface area contributed by atoms with Gasteiger partial charge in [0.2, 0.25) is 0 Å². The Morgan fingerprint density at radius 2 is 1.83 bits per heavy atom. The summed E-state index contributed by atoms with van der Waals surface area (Å²) in [6.45, 7) is 1.67. The van der Waals surface area contributed by atoms with Gasteiger partial charge in [-0.3, -0.25) is 14.6 Å². The molecule has 1 aliphatic heterocycles. The zero-order valence-corrected chi connectivity index (χ0v) is 18.9. The van der Waals surface area contributed by atoms with Crippen molar-refractivity contribution in [2.75, 3.05) is 5.32 Å². The lowest BCUT2D eigenvalue weighted by Gasteiger charge is -2.21. The van der Waals surface area contributed by atoms with Crippen LogP contribution in [0.4, 0.5) is 18.9 Å². The van der Waals surface area contributed by atoms with Crippen LogP contribution in [0.3, 0.4) is 0 Å². The van der Waals surface area contributed by atoms with Gasteiger partial charge in [0.05, 0.1) is 22.5 Å². The molecule has 3 rings (SSSR count). The summed E-state index contributed by atoms with van der Waals surface area (Å²) in [6.07, 6.45) is -3.03. The normalized spacial score (nSPS) is 16.0. The lowest BCUT2D eigenvalue weighted by molar-refractivity contribution is -0.142. The number of nitrogens with zero attached hydrogens (tertiary/aromatic N) is 1. The number of aliphatic carboxylic acids is 1. The molecule has 2 unspecified atom stereocenters. The molecule has 8 nitrogen and oxygen atoms in total. The SMILES string of the molecule is Cc1cccc(Cl)c1C(=O)NC(Cc1ccc(NC(=O)C2=CNC=NC2C(F)(F)F)cc1)C(=O)O. The Hall–Kier alpha value is -3.86. The van der Waals surface area contributed by atoms with E-state index in [1.807, 2.05) is 0 Å². The molecular formula is C23H20ClF3N4O4. The number of hydrogen-bond donors (Lipinski definition) is 4. The molecule has 0 saturated carbocycles. The van der Waals surface area contributed by atoms with Gasteiger partial charge in [-0.1, -0.05) is 35.9 Å². The first kappa shape index (κ1) is 25.8. The second-order valence-electron chi connectivity index (χ2n) is 7.64. The van der Waals surface area contributed by atoms with Crippen molar-refractivity contribution in [1.29, 1.82) is 0 Å². The van der Waals surface area contributed by atoms with Crippen LogP contribution in [0.25, 0.3) is 0 Å². The van der Waals surface area contributed by atoms with Crippen molar-refractivity contribution < 1.29 is 32.7 Å². The average Bonchev–Trinajstić information content (AvgIpc) is 2.79. The topological polar surface area (TPSA) is 120 Å². The number of anilines is 1. The van der Waals surface area contributed by atoms with Gasteiger partial charge in [0, 0.05) is 18.3 Å². The van der Waals surface area contributed by atoms with Gasteiger partial charge in [0.15, 0.2) is 6.04 Å². The first-order valence-electron chi connectivity index (χ1n) is 10.2. The van der Waals surface area contributed by atoms with Crippen LogP contribution < -0.4 is 16.0 Å². The lowest BCUT2D eigenvalue weighted by Crippen LogP contribution is -2.42. The summed E-state index contributed by atoms with van der Waals surface area (Å²) >= 11 is 6.08. The Morgan fingerprint density at radius 1 is 1.14 bits per heavy atom. The van der Waals surface area contributed by atoms with Crippen LogP contribution in [0, 0.1) is 6.92 Å². The third kappa shape index (κ3) is 6.38. The zero-order valence-electron chi connectivity index (χ0n) is 18.2. The first-order valence-corrected chi connectivity index (χ1v) is 10.6. The zero-order chi connectivity index (χ0) is 25.8. The summed E-state index contributed by atoms with van der Waals surface area (Å²) in [6, 6.07) is 7.11. The summed E-state index contributed by atoms with van der Waals surface area (Å²) in [4.78, 5) is 40.0. The van der Waals surface area contributed by atoms with Gasteiger partial charge in [-0.2, -0.15) is 13.2 Å². The standard InChI is InChI=1S/C23H20ClF3N4O4/c1-12-3-2-4-16(24)18(12)21(33)31-17(22(34)35)9-13-5-7-14(8-6-13)30-20(32)15-10-28-11-29-19(15)23(25,26)27/h2-8,10-11,17,19H,9H2,1H3,(H,28,29)(H,30,32)(H,31,33)(H,34,35). The molecule has 0 spiro atoms. The summed E-state index contributed by atoms with van der Waals surface area (Å²) in [5.74, 6) is -2.90. The summed E-state index contributed by atoms with van der Waals surface area (Å²) in [7, 11) is 0. The summed E-state index contributed by atoms with van der Waals surface area (Å²) in [5, 5.41) is 16.9. The lowest BCUT2D eigenvalue weighted by atomic mass is 10.0. The fraction of sp³-hybridized carbons (Fsp3) is 0.217. The Morgan fingerprint density at radius 3 is 2.43 bits per heavy atom. The molecule has 4 N–H and O–H groups in total. The van der Waals surface area contributed by atoms with E-state index in [0.29, 0.717) is 11.1 Å². The smallest absolute Gasteiger partial charge is 0.415 e. The highest BCUT2D eigenvalue weighted by molar-refractivity contribution is 6.34. The minimum Gasteiger partial charge on any atom is -0.480 e. The third-order valence-electron chi connectivity index (χ3n) is 5.11. The Balaban J connectivity index is 1.67. The van der Waals surface area contributed by atoms with Crippen molar-refractivity contribution in [3.05, 3.63) is 76.0 Å². The molecule has 0 fully saturated rings. The predicted octanol–water partition coefficient (Wildman–Crippen LogP) is 3.46. The van der Waals surface area contributed by atoms with Gasteiger partial charge >= 0.3 is 12.1 Å². The van der Waals surface area contributed by atoms with Crippen LogP contribution in [0.5, 0.6) is 0 Å². The molecule has 2 aromatic rings. The van der Waals surface area contributed by atoms with E-state index in [0.717, 1.165) is 12.5 Å². The molecule has 0 aliphatic carbocycles. The molecule has 184 valence electrons. The van der Waals surface area contributed by atoms with E-state index in [1.165, 1.54) is 30.3 Å². The number of benzene rings is 2. The van der Waals surface area contributed by atoms with Crippen LogP contribution in [-0.4, -0.2) is 47.5 Å². The molecule has 1 heterocycles. The number of carboxylic acid groups (broad SMARTS) is 1. The molecule has 2 amide bonds. The number of hydrogen-bond acceptors (Lipinski definition) is 5. The second-order valence-corrected chi connectivity index (χ2v) is 8.05. The minimum absolute atomic E-state index is 0.0846. The van der Waals surface area contributed by atoms with Crippen molar-refractivity contribution in [1.82, 2.24) is 10.6 Å². The summed E-state index contributed by atoms with van der Waals surface area (Å²) in [5.41, 5.74) is 0.848. The third-order valence-corrected chi connectivity index (χ3v) is 5.42. The quantitative estimate of drug-likeness (QED) is 0.456. The fourth-order valence-electron chi connectivity index (χ4n) is 3.37. The molecule has 35 heavy (non-hydrogen) atoms. The van der Waals surface area contributed by atoms with Crippen molar-refractivity contribution in [2.45, 2.75) is 31.6 Å². The fourth-order valence-corrected chi connectivity index (χ4v) is 3.68. The number of nitrogens with one attached hydrogen (secondary N) is 3. The van der Waals surface area contributed by atoms with Crippen molar-refractivity contribution in [3.8, 4) is 0 Å². The Labute approximate surface area is 202 Å². The maximum atomic E-state index is 13.1. The largest absolute Gasteiger partial charge is 0.480 e. The molecule has 0 aromatic heterocycles. The van der Waals surface area contributed by atoms with Crippen molar-refractivity contribution in [2.24, 2.45) is 4.99 Å². The highest BCUT2D eigenvalue weighted by atomic mass is 35.5. The van der Waals surface area contributed by atoms with E-state index in [9.17, 15) is 32.7 Å². The maximum Gasteiger partial charge on any atom is 0.415 e. The molecule has 2 aromatic carbocycles. The highest BCUT2D eigenvalue weighted by Crippen LogP contribution is 2.29. The predicted molar refractivity (Wildman–Crippen MR) is 123 cm³/mol. The molecule has 1 aliphatic rings. The van der Waals surface area contributed by atoms with Crippen molar-refractivity contribution in [3.63, 3.8) is 0 Å².